The minimum atomic E-state index is 0.833. The van der Waals surface area contributed by atoms with Gasteiger partial charge in [-0.2, -0.15) is 0 Å². The Labute approximate surface area is 75.2 Å². The average molecular weight is 166 g/mol. The van der Waals surface area contributed by atoms with Crippen molar-refractivity contribution in [3.8, 4) is 0 Å². The summed E-state index contributed by atoms with van der Waals surface area (Å²) in [7, 11) is 0. The van der Waals surface area contributed by atoms with Crippen LogP contribution in [0.25, 0.3) is 0 Å². The van der Waals surface area contributed by atoms with Gasteiger partial charge in [0, 0.05) is 0 Å². The Morgan fingerprint density at radius 1 is 1.25 bits per heavy atom. The normalized spacial score (nSPS) is 13.2. The van der Waals surface area contributed by atoms with E-state index in [1.54, 1.807) is 0 Å². The topological polar surface area (TPSA) is 17.1 Å². The highest BCUT2D eigenvalue weighted by Crippen LogP contribution is 2.06. The van der Waals surface area contributed by atoms with Gasteiger partial charge in [0.15, 0.2) is 0 Å². The van der Waals surface area contributed by atoms with Crippen LogP contribution in [0.15, 0.2) is 23.3 Å². The monoisotopic (exact) mass is 166 g/mol. The molecule has 1 nitrogen and oxygen atoms in total. The third-order valence-corrected chi connectivity index (χ3v) is 1.74. The molecule has 0 fully saturated rings. The molecule has 0 aromatic rings. The van der Waals surface area contributed by atoms with Crippen LogP contribution in [0.3, 0.4) is 0 Å². The van der Waals surface area contributed by atoms with Gasteiger partial charge in [-0.15, -0.1) is 0 Å². The van der Waals surface area contributed by atoms with Gasteiger partial charge in [0.05, 0.1) is 0 Å². The lowest BCUT2D eigenvalue weighted by molar-refractivity contribution is -0.104. The van der Waals surface area contributed by atoms with Crippen LogP contribution in [0.4, 0.5) is 0 Å². The van der Waals surface area contributed by atoms with Gasteiger partial charge in [0.1, 0.15) is 6.29 Å². The first kappa shape index (κ1) is 11.2. The first-order chi connectivity index (χ1) is 5.70. The molecule has 0 aromatic heterocycles. The number of rotatable bonds is 5. The number of carbonyl (C=O) groups is 1. The van der Waals surface area contributed by atoms with E-state index in [1.807, 2.05) is 13.0 Å². The molecule has 0 atom stereocenters. The third-order valence-electron chi connectivity index (χ3n) is 1.74. The average Bonchev–Trinajstić information content (AvgIpc) is 2.04. The fourth-order valence-electron chi connectivity index (χ4n) is 1.03. The van der Waals surface area contributed by atoms with Crippen LogP contribution >= 0.6 is 0 Å². The Hall–Kier alpha value is -0.850. The van der Waals surface area contributed by atoms with Gasteiger partial charge >= 0.3 is 0 Å². The number of hydrogen-bond donors (Lipinski definition) is 0. The van der Waals surface area contributed by atoms with E-state index in [-0.39, 0.29) is 0 Å². The quantitative estimate of drug-likeness (QED) is 0.348. The number of hydrogen-bond acceptors (Lipinski definition) is 1. The van der Waals surface area contributed by atoms with Crippen molar-refractivity contribution in [2.45, 2.75) is 40.0 Å². The van der Waals surface area contributed by atoms with Crippen molar-refractivity contribution in [2.75, 3.05) is 0 Å². The molecule has 68 valence electrons. The summed E-state index contributed by atoms with van der Waals surface area (Å²) in [5.41, 5.74) is 2.24. The zero-order valence-corrected chi connectivity index (χ0v) is 8.26. The summed E-state index contributed by atoms with van der Waals surface area (Å²) < 4.78 is 0. The maximum atomic E-state index is 10.2. The fourth-order valence-corrected chi connectivity index (χ4v) is 1.03. The Kier molecular flexibility index (Phi) is 6.35. The first-order valence-corrected chi connectivity index (χ1v) is 4.48. The molecule has 0 aromatic carbocycles. The van der Waals surface area contributed by atoms with Gasteiger partial charge in [-0.1, -0.05) is 24.6 Å². The van der Waals surface area contributed by atoms with E-state index in [1.165, 1.54) is 5.57 Å². The highest BCUT2D eigenvalue weighted by Gasteiger charge is 1.88. The highest BCUT2D eigenvalue weighted by atomic mass is 16.1. The van der Waals surface area contributed by atoms with Gasteiger partial charge < -0.3 is 0 Å². The molecule has 0 heterocycles. The second-order valence-electron chi connectivity index (χ2n) is 3.06. The Morgan fingerprint density at radius 2 is 1.92 bits per heavy atom. The zero-order chi connectivity index (χ0) is 9.40. The highest BCUT2D eigenvalue weighted by molar-refractivity contribution is 5.71. The fraction of sp³-hybridized carbons (Fsp3) is 0.545. The largest absolute Gasteiger partial charge is 0.298 e. The number of aldehydes is 1. The van der Waals surface area contributed by atoms with Crippen molar-refractivity contribution >= 4 is 6.29 Å². The molecule has 0 amide bonds. The molecule has 1 heteroatoms. The van der Waals surface area contributed by atoms with Crippen LogP contribution in [0, 0.1) is 0 Å². The number of allylic oxidation sites excluding steroid dienone is 4. The minimum Gasteiger partial charge on any atom is -0.298 e. The van der Waals surface area contributed by atoms with E-state index >= 15 is 0 Å². The van der Waals surface area contributed by atoms with Gasteiger partial charge in [0.25, 0.3) is 0 Å². The molecule has 0 saturated heterocycles. The molecule has 0 rings (SSSR count). The van der Waals surface area contributed by atoms with Crippen LogP contribution in [0.5, 0.6) is 0 Å². The van der Waals surface area contributed by atoms with Crippen LogP contribution in [-0.2, 0) is 4.79 Å². The van der Waals surface area contributed by atoms with E-state index in [4.69, 9.17) is 0 Å². The Bertz CT molecular complexity index is 187. The molecule has 0 aliphatic rings. The molecule has 0 spiro atoms. The van der Waals surface area contributed by atoms with Crippen LogP contribution < -0.4 is 0 Å². The molecule has 0 radical (unpaired) electrons. The van der Waals surface area contributed by atoms with Crippen LogP contribution in [0.1, 0.15) is 40.0 Å². The lowest BCUT2D eigenvalue weighted by Crippen LogP contribution is -1.79. The van der Waals surface area contributed by atoms with Crippen molar-refractivity contribution in [2.24, 2.45) is 0 Å². The second kappa shape index (κ2) is 6.84. The van der Waals surface area contributed by atoms with Crippen molar-refractivity contribution in [1.82, 2.24) is 0 Å². The molecule has 0 N–H and O–H groups in total. The van der Waals surface area contributed by atoms with E-state index in [2.05, 4.69) is 19.9 Å². The van der Waals surface area contributed by atoms with Gasteiger partial charge in [-0.3, -0.25) is 4.79 Å². The summed E-state index contributed by atoms with van der Waals surface area (Å²) in [6.07, 6.45) is 8.26. The van der Waals surface area contributed by atoms with Crippen LogP contribution in [0.2, 0.25) is 0 Å². The van der Waals surface area contributed by atoms with E-state index in [9.17, 15) is 4.79 Å². The lowest BCUT2D eigenvalue weighted by Gasteiger charge is -1.96. The molecule has 12 heavy (non-hydrogen) atoms. The maximum absolute atomic E-state index is 10.2. The summed E-state index contributed by atoms with van der Waals surface area (Å²) in [5.74, 6) is 0. The molecule has 0 bridgehead atoms. The van der Waals surface area contributed by atoms with E-state index in [0.717, 1.165) is 31.1 Å². The van der Waals surface area contributed by atoms with E-state index in [0.29, 0.717) is 0 Å². The van der Waals surface area contributed by atoms with Crippen molar-refractivity contribution < 1.29 is 4.79 Å². The smallest absolute Gasteiger partial charge is 0.145 e. The molecule has 0 unspecified atom stereocenters. The predicted molar refractivity (Wildman–Crippen MR) is 53.1 cm³/mol. The molecular weight excluding hydrogens is 148 g/mol. The Morgan fingerprint density at radius 3 is 2.42 bits per heavy atom. The van der Waals surface area contributed by atoms with Crippen LogP contribution in [-0.4, -0.2) is 6.29 Å². The molecule has 0 aliphatic heterocycles. The first-order valence-electron chi connectivity index (χ1n) is 4.48. The molecule has 0 aliphatic carbocycles. The van der Waals surface area contributed by atoms with Gasteiger partial charge in [-0.25, -0.2) is 0 Å². The van der Waals surface area contributed by atoms with Crippen molar-refractivity contribution in [3.05, 3.63) is 23.3 Å². The number of carbonyl (C=O) groups excluding carboxylic acids is 1. The van der Waals surface area contributed by atoms with Crippen molar-refractivity contribution in [1.29, 1.82) is 0 Å². The van der Waals surface area contributed by atoms with Gasteiger partial charge in [-0.05, 0) is 38.7 Å². The molecular formula is C11H18O. The standard InChI is InChI=1S/C11H18O/c1-4-6-10(2)7-5-8-11(3)9-12/h6,8-9H,4-5,7H2,1-3H3/b10-6+,11-8+. The Balaban J connectivity index is 3.69. The zero-order valence-electron chi connectivity index (χ0n) is 8.26. The predicted octanol–water partition coefficient (Wildman–Crippen LogP) is 3.27. The molecule has 0 saturated carbocycles. The van der Waals surface area contributed by atoms with E-state index < -0.39 is 0 Å². The summed E-state index contributed by atoms with van der Waals surface area (Å²) in [4.78, 5) is 10.2. The SMILES string of the molecule is CC/C=C(\C)CC/C=C(\C)C=O. The summed E-state index contributed by atoms with van der Waals surface area (Å²) in [6, 6.07) is 0. The minimum absolute atomic E-state index is 0.833. The summed E-state index contributed by atoms with van der Waals surface area (Å²) >= 11 is 0. The summed E-state index contributed by atoms with van der Waals surface area (Å²) in [5, 5.41) is 0. The summed E-state index contributed by atoms with van der Waals surface area (Å²) in [6.45, 7) is 6.11. The van der Waals surface area contributed by atoms with Crippen molar-refractivity contribution in [3.63, 3.8) is 0 Å². The van der Waals surface area contributed by atoms with Gasteiger partial charge in [0.2, 0.25) is 0 Å². The maximum Gasteiger partial charge on any atom is 0.145 e. The third kappa shape index (κ3) is 5.90. The second-order valence-corrected chi connectivity index (χ2v) is 3.06. The lowest BCUT2D eigenvalue weighted by atomic mass is 10.1.